The van der Waals surface area contributed by atoms with Gasteiger partial charge in [-0.05, 0) is 31.2 Å². The number of carbonyl (C=O) groups excluding carboxylic acids is 1. The summed E-state index contributed by atoms with van der Waals surface area (Å²) < 4.78 is 10.5. The fourth-order valence-corrected chi connectivity index (χ4v) is 2.79. The molecule has 1 amide bonds. The molecule has 0 aliphatic rings. The lowest BCUT2D eigenvalue weighted by atomic mass is 10.2. The molecule has 7 nitrogen and oxygen atoms in total. The molecule has 0 bridgehead atoms. The van der Waals surface area contributed by atoms with Gasteiger partial charge in [0, 0.05) is 24.4 Å². The van der Waals surface area contributed by atoms with Gasteiger partial charge in [0.05, 0.1) is 19.9 Å². The number of aromatic nitrogens is 2. The summed E-state index contributed by atoms with van der Waals surface area (Å²) in [6.07, 6.45) is 1.39. The van der Waals surface area contributed by atoms with Crippen molar-refractivity contribution in [2.75, 3.05) is 31.0 Å². The summed E-state index contributed by atoms with van der Waals surface area (Å²) in [6, 6.07) is 16.7. The minimum absolute atomic E-state index is 0.261. The van der Waals surface area contributed by atoms with Crippen LogP contribution < -0.4 is 19.7 Å². The molecular weight excluding hydrogens is 356 g/mol. The van der Waals surface area contributed by atoms with Crippen LogP contribution in [0.25, 0.3) is 0 Å². The first-order valence-corrected chi connectivity index (χ1v) is 8.84. The number of anilines is 3. The van der Waals surface area contributed by atoms with Crippen LogP contribution in [0.5, 0.6) is 11.5 Å². The van der Waals surface area contributed by atoms with Crippen molar-refractivity contribution < 1.29 is 14.3 Å². The first-order valence-electron chi connectivity index (χ1n) is 8.84. The summed E-state index contributed by atoms with van der Waals surface area (Å²) in [5.41, 5.74) is 1.79. The van der Waals surface area contributed by atoms with E-state index in [1.165, 1.54) is 13.4 Å². The van der Waals surface area contributed by atoms with Gasteiger partial charge in [-0.15, -0.1) is 0 Å². The highest BCUT2D eigenvalue weighted by Gasteiger charge is 2.15. The van der Waals surface area contributed by atoms with E-state index in [0.29, 0.717) is 29.5 Å². The van der Waals surface area contributed by atoms with E-state index < -0.39 is 0 Å². The maximum atomic E-state index is 12.7. The summed E-state index contributed by atoms with van der Waals surface area (Å²) in [6.45, 7) is 2.73. The van der Waals surface area contributed by atoms with E-state index >= 15 is 0 Å². The largest absolute Gasteiger partial charge is 0.497 e. The average Bonchev–Trinajstić information content (AvgIpc) is 2.75. The van der Waals surface area contributed by atoms with Crippen LogP contribution in [0.1, 0.15) is 17.4 Å². The van der Waals surface area contributed by atoms with Crippen LogP contribution in [0.2, 0.25) is 0 Å². The van der Waals surface area contributed by atoms with Crippen molar-refractivity contribution >= 4 is 23.1 Å². The molecule has 1 N–H and O–H groups in total. The molecule has 1 aromatic heterocycles. The van der Waals surface area contributed by atoms with Crippen LogP contribution in [0.4, 0.5) is 17.2 Å². The molecule has 0 radical (unpaired) electrons. The molecule has 0 fully saturated rings. The van der Waals surface area contributed by atoms with E-state index in [2.05, 4.69) is 15.3 Å². The molecule has 0 atom stereocenters. The van der Waals surface area contributed by atoms with Gasteiger partial charge in [0.15, 0.2) is 0 Å². The first kappa shape index (κ1) is 19.2. The Morgan fingerprint density at radius 3 is 2.50 bits per heavy atom. The van der Waals surface area contributed by atoms with Crippen LogP contribution in [0.3, 0.4) is 0 Å². The summed E-state index contributed by atoms with van der Waals surface area (Å²) in [7, 11) is 3.11. The molecule has 28 heavy (non-hydrogen) atoms. The number of rotatable bonds is 7. The second-order valence-electron chi connectivity index (χ2n) is 5.86. The Morgan fingerprint density at radius 1 is 1.04 bits per heavy atom. The second-order valence-corrected chi connectivity index (χ2v) is 5.86. The van der Waals surface area contributed by atoms with Gasteiger partial charge in [-0.2, -0.15) is 0 Å². The molecule has 0 unspecified atom stereocenters. The van der Waals surface area contributed by atoms with Gasteiger partial charge in [-0.1, -0.05) is 18.2 Å². The zero-order valence-electron chi connectivity index (χ0n) is 16.0. The molecule has 0 spiro atoms. The lowest BCUT2D eigenvalue weighted by Crippen LogP contribution is -2.20. The summed E-state index contributed by atoms with van der Waals surface area (Å²) >= 11 is 0. The number of nitrogens with one attached hydrogen (secondary N) is 1. The number of ether oxygens (including phenoxy) is 2. The Hall–Kier alpha value is -3.61. The molecule has 144 valence electrons. The van der Waals surface area contributed by atoms with Crippen LogP contribution in [-0.4, -0.2) is 36.6 Å². The Balaban J connectivity index is 1.85. The predicted octanol–water partition coefficient (Wildman–Crippen LogP) is 3.90. The zero-order valence-corrected chi connectivity index (χ0v) is 16.0. The van der Waals surface area contributed by atoms with Crippen LogP contribution in [0, 0.1) is 0 Å². The maximum absolute atomic E-state index is 12.7. The lowest BCUT2D eigenvalue weighted by molar-refractivity contribution is 0.102. The van der Waals surface area contributed by atoms with Crippen molar-refractivity contribution in [1.29, 1.82) is 0 Å². The highest BCUT2D eigenvalue weighted by molar-refractivity contribution is 6.04. The van der Waals surface area contributed by atoms with Crippen molar-refractivity contribution in [3.8, 4) is 11.5 Å². The average molecular weight is 378 g/mol. The van der Waals surface area contributed by atoms with Crippen LogP contribution in [-0.2, 0) is 0 Å². The molecule has 0 saturated carbocycles. The maximum Gasteiger partial charge on any atom is 0.274 e. The van der Waals surface area contributed by atoms with Gasteiger partial charge in [-0.3, -0.25) is 4.79 Å². The number of amides is 1. The molecule has 1 heterocycles. The zero-order chi connectivity index (χ0) is 19.9. The topological polar surface area (TPSA) is 76.6 Å². The molecule has 0 saturated heterocycles. The molecule has 7 heteroatoms. The molecule has 0 aliphatic heterocycles. The van der Waals surface area contributed by atoms with E-state index in [9.17, 15) is 4.79 Å². The number of para-hydroxylation sites is 1. The highest BCUT2D eigenvalue weighted by atomic mass is 16.5. The third-order valence-corrected chi connectivity index (χ3v) is 4.20. The Morgan fingerprint density at radius 2 is 1.82 bits per heavy atom. The Labute approximate surface area is 164 Å². The van der Waals surface area contributed by atoms with Crippen LogP contribution in [0.15, 0.2) is 60.9 Å². The number of hydrogen-bond acceptors (Lipinski definition) is 6. The Kier molecular flexibility index (Phi) is 6.06. The van der Waals surface area contributed by atoms with Crippen LogP contribution >= 0.6 is 0 Å². The smallest absolute Gasteiger partial charge is 0.274 e. The van der Waals surface area contributed by atoms with Gasteiger partial charge in [0.1, 0.15) is 29.3 Å². The lowest BCUT2D eigenvalue weighted by Gasteiger charge is -2.22. The normalized spacial score (nSPS) is 10.2. The van der Waals surface area contributed by atoms with Crippen molar-refractivity contribution in [3.05, 3.63) is 66.6 Å². The van der Waals surface area contributed by atoms with Gasteiger partial charge < -0.3 is 19.7 Å². The minimum atomic E-state index is -0.351. The minimum Gasteiger partial charge on any atom is -0.497 e. The summed E-state index contributed by atoms with van der Waals surface area (Å²) in [4.78, 5) is 23.2. The molecule has 3 aromatic rings. The Bertz CT molecular complexity index is 947. The van der Waals surface area contributed by atoms with E-state index in [1.807, 2.05) is 42.2 Å². The fourth-order valence-electron chi connectivity index (χ4n) is 2.79. The molecule has 3 rings (SSSR count). The third kappa shape index (κ3) is 4.20. The van der Waals surface area contributed by atoms with Gasteiger partial charge in [0.25, 0.3) is 5.91 Å². The molecular formula is C21H22N4O3. The van der Waals surface area contributed by atoms with E-state index in [4.69, 9.17) is 9.47 Å². The van der Waals surface area contributed by atoms with E-state index in [-0.39, 0.29) is 11.6 Å². The number of hydrogen-bond donors (Lipinski definition) is 1. The quantitative estimate of drug-likeness (QED) is 0.672. The SMILES string of the molecule is CCN(c1ccccc1)c1cc(C(=O)Nc2ccc(OC)cc2OC)ncn1. The second kappa shape index (κ2) is 8.85. The number of benzene rings is 2. The monoisotopic (exact) mass is 378 g/mol. The van der Waals surface area contributed by atoms with Gasteiger partial charge >= 0.3 is 0 Å². The van der Waals surface area contributed by atoms with E-state index in [1.54, 1.807) is 31.4 Å². The summed E-state index contributed by atoms with van der Waals surface area (Å²) in [5, 5.41) is 2.82. The van der Waals surface area contributed by atoms with Crippen molar-refractivity contribution in [1.82, 2.24) is 9.97 Å². The van der Waals surface area contributed by atoms with Crippen molar-refractivity contribution in [3.63, 3.8) is 0 Å². The third-order valence-electron chi connectivity index (χ3n) is 4.20. The fraction of sp³-hybridized carbons (Fsp3) is 0.190. The predicted molar refractivity (Wildman–Crippen MR) is 109 cm³/mol. The number of carbonyl (C=O) groups is 1. The standard InChI is InChI=1S/C21H22N4O3/c1-4-25(15-8-6-5-7-9-15)20-13-18(22-14-23-20)21(26)24-17-11-10-16(27-2)12-19(17)28-3/h5-14H,4H2,1-3H3,(H,24,26). The van der Waals surface area contributed by atoms with E-state index in [0.717, 1.165) is 5.69 Å². The molecule has 0 aliphatic carbocycles. The van der Waals surface area contributed by atoms with Gasteiger partial charge in [0.2, 0.25) is 0 Å². The van der Waals surface area contributed by atoms with Crippen molar-refractivity contribution in [2.24, 2.45) is 0 Å². The van der Waals surface area contributed by atoms with Gasteiger partial charge in [-0.25, -0.2) is 9.97 Å². The first-order chi connectivity index (χ1) is 13.7. The summed E-state index contributed by atoms with van der Waals surface area (Å²) in [5.74, 6) is 1.44. The number of nitrogens with zero attached hydrogens (tertiary/aromatic N) is 3. The van der Waals surface area contributed by atoms with Crippen molar-refractivity contribution in [2.45, 2.75) is 6.92 Å². The molecule has 2 aromatic carbocycles. The highest BCUT2D eigenvalue weighted by Crippen LogP contribution is 2.29. The number of methoxy groups -OCH3 is 2.